The molecule has 1 N–H and O–H groups in total. The Morgan fingerprint density at radius 2 is 1.63 bits per heavy atom. The van der Waals surface area contributed by atoms with Gasteiger partial charge in [-0.2, -0.15) is 0 Å². The molecule has 1 spiro atoms. The van der Waals surface area contributed by atoms with Crippen molar-refractivity contribution in [1.29, 1.82) is 0 Å². The van der Waals surface area contributed by atoms with Crippen molar-refractivity contribution in [3.8, 4) is 0 Å². The first-order chi connectivity index (χ1) is 17.7. The zero-order valence-corrected chi connectivity index (χ0v) is 25.1. The lowest BCUT2D eigenvalue weighted by Crippen LogP contribution is -2.58. The van der Waals surface area contributed by atoms with Crippen LogP contribution in [-0.4, -0.2) is 91.4 Å². The van der Waals surface area contributed by atoms with Gasteiger partial charge in [0.2, 0.25) is 17.7 Å². The third kappa shape index (κ3) is 4.85. The van der Waals surface area contributed by atoms with Crippen molar-refractivity contribution in [3.05, 3.63) is 24.3 Å². The summed E-state index contributed by atoms with van der Waals surface area (Å²) in [6, 6.07) is -0.675. The maximum absolute atomic E-state index is 14.6. The van der Waals surface area contributed by atoms with Crippen LogP contribution < -0.4 is 0 Å². The SMILES string of the molecule is CCCN1CC=C[C@@]2(C)S[C@]34C=CCN(C(C)(C)CC(C)(C)C)C(=O)C3N(CCCCO)C(=O)[C@@H]4[C@H]2C1=O. The molecule has 2 fully saturated rings. The van der Waals surface area contributed by atoms with E-state index >= 15 is 0 Å². The van der Waals surface area contributed by atoms with Crippen molar-refractivity contribution in [2.75, 3.05) is 32.8 Å². The second-order valence-electron chi connectivity index (χ2n) is 13.5. The summed E-state index contributed by atoms with van der Waals surface area (Å²) < 4.78 is -1.38. The van der Waals surface area contributed by atoms with E-state index in [4.69, 9.17) is 0 Å². The standard InChI is InChI=1S/C30H47N3O4S/c1-8-15-31-16-11-13-29(7)21(24(31)35)22-25(36)32(17-9-10-19-34)23-26(37)33(18-12-14-30(22,23)38-29)28(5,6)20-27(2,3)4/h11-14,21-23,34H,8-10,15-20H2,1-7H3/t21-,22-,23?,29+,30-/m0/s1. The van der Waals surface area contributed by atoms with Gasteiger partial charge in [-0.1, -0.05) is 52.0 Å². The van der Waals surface area contributed by atoms with E-state index in [1.54, 1.807) is 16.7 Å². The van der Waals surface area contributed by atoms with Crippen LogP contribution in [0.25, 0.3) is 0 Å². The van der Waals surface area contributed by atoms with E-state index in [2.05, 4.69) is 72.8 Å². The molecule has 0 saturated carbocycles. The molecule has 4 aliphatic heterocycles. The van der Waals surface area contributed by atoms with E-state index < -0.39 is 32.9 Å². The second kappa shape index (κ2) is 10.3. The molecule has 0 radical (unpaired) electrons. The molecule has 3 amide bonds. The summed E-state index contributed by atoms with van der Waals surface area (Å²) in [5.41, 5.74) is -0.386. The van der Waals surface area contributed by atoms with Crippen molar-refractivity contribution in [2.45, 2.75) is 95.2 Å². The number of unbranched alkanes of at least 4 members (excludes halogenated alkanes) is 1. The average molecular weight is 546 g/mol. The van der Waals surface area contributed by atoms with E-state index in [0.717, 1.165) is 12.8 Å². The fourth-order valence-electron chi connectivity index (χ4n) is 7.61. The predicted molar refractivity (Wildman–Crippen MR) is 153 cm³/mol. The minimum absolute atomic E-state index is 0.0213. The normalized spacial score (nSPS) is 33.4. The molecule has 4 rings (SSSR count). The number of carbonyl (C=O) groups excluding carboxylic acids is 3. The van der Waals surface area contributed by atoms with Gasteiger partial charge in [-0.25, -0.2) is 0 Å². The van der Waals surface area contributed by atoms with Gasteiger partial charge in [0.1, 0.15) is 6.04 Å². The predicted octanol–water partition coefficient (Wildman–Crippen LogP) is 3.87. The molecule has 7 nitrogen and oxygen atoms in total. The first-order valence-corrected chi connectivity index (χ1v) is 15.1. The number of rotatable bonds is 8. The highest BCUT2D eigenvalue weighted by Gasteiger charge is 2.74. The van der Waals surface area contributed by atoms with Crippen molar-refractivity contribution in [1.82, 2.24) is 14.7 Å². The second-order valence-corrected chi connectivity index (χ2v) is 15.3. The van der Waals surface area contributed by atoms with Gasteiger partial charge in [0.15, 0.2) is 0 Å². The highest BCUT2D eigenvalue weighted by Crippen LogP contribution is 2.65. The molecule has 2 saturated heterocycles. The summed E-state index contributed by atoms with van der Waals surface area (Å²) in [5, 5.41) is 9.43. The average Bonchev–Trinajstić information content (AvgIpc) is 3.05. The molecule has 4 aliphatic rings. The van der Waals surface area contributed by atoms with Crippen LogP contribution >= 0.6 is 11.8 Å². The maximum atomic E-state index is 14.6. The first-order valence-electron chi connectivity index (χ1n) is 14.3. The Kier molecular flexibility index (Phi) is 7.92. The van der Waals surface area contributed by atoms with E-state index in [9.17, 15) is 19.5 Å². The number of carbonyl (C=O) groups is 3. The fraction of sp³-hybridized carbons (Fsp3) is 0.767. The Hall–Kier alpha value is -1.80. The molecule has 8 heteroatoms. The molecule has 212 valence electrons. The van der Waals surface area contributed by atoms with Gasteiger partial charge in [-0.05, 0) is 51.9 Å². The van der Waals surface area contributed by atoms with Crippen molar-refractivity contribution >= 4 is 29.5 Å². The van der Waals surface area contributed by atoms with Gasteiger partial charge in [-0.3, -0.25) is 14.4 Å². The molecule has 1 unspecified atom stereocenters. The Bertz CT molecular complexity index is 1020. The van der Waals surface area contributed by atoms with Crippen LogP contribution in [0.2, 0.25) is 0 Å². The molecule has 0 aromatic rings. The molecular weight excluding hydrogens is 498 g/mol. The van der Waals surface area contributed by atoms with Gasteiger partial charge < -0.3 is 19.8 Å². The monoisotopic (exact) mass is 545 g/mol. The van der Waals surface area contributed by atoms with Crippen LogP contribution in [0, 0.1) is 17.3 Å². The lowest BCUT2D eigenvalue weighted by atomic mass is 9.74. The number of hydrogen-bond donors (Lipinski definition) is 1. The maximum Gasteiger partial charge on any atom is 0.247 e. The molecule has 0 aromatic carbocycles. The summed E-state index contributed by atoms with van der Waals surface area (Å²) in [4.78, 5) is 48.6. The summed E-state index contributed by atoms with van der Waals surface area (Å²) >= 11 is 1.65. The van der Waals surface area contributed by atoms with Gasteiger partial charge in [-0.15, -0.1) is 11.8 Å². The van der Waals surface area contributed by atoms with E-state index in [-0.39, 0.29) is 29.7 Å². The van der Waals surface area contributed by atoms with Crippen LogP contribution in [0.4, 0.5) is 0 Å². The smallest absolute Gasteiger partial charge is 0.247 e. The number of nitrogens with zero attached hydrogens (tertiary/aromatic N) is 3. The Morgan fingerprint density at radius 1 is 0.947 bits per heavy atom. The summed E-state index contributed by atoms with van der Waals surface area (Å²) in [7, 11) is 0. The van der Waals surface area contributed by atoms with Gasteiger partial charge in [0.25, 0.3) is 0 Å². The number of aliphatic hydroxyl groups is 1. The first kappa shape index (κ1) is 29.2. The number of hydrogen-bond acceptors (Lipinski definition) is 5. The molecule has 0 bridgehead atoms. The third-order valence-electron chi connectivity index (χ3n) is 8.63. The van der Waals surface area contributed by atoms with Crippen LogP contribution in [-0.2, 0) is 14.4 Å². The number of likely N-dealkylation sites (tertiary alicyclic amines) is 1. The van der Waals surface area contributed by atoms with Crippen LogP contribution in [0.3, 0.4) is 0 Å². The lowest BCUT2D eigenvalue weighted by Gasteiger charge is -2.44. The van der Waals surface area contributed by atoms with Gasteiger partial charge in [0, 0.05) is 43.1 Å². The fourth-order valence-corrected chi connectivity index (χ4v) is 9.77. The zero-order chi connectivity index (χ0) is 28.1. The van der Waals surface area contributed by atoms with Crippen LogP contribution in [0.15, 0.2) is 24.3 Å². The van der Waals surface area contributed by atoms with E-state index in [1.165, 1.54) is 0 Å². The molecule has 5 atom stereocenters. The van der Waals surface area contributed by atoms with E-state index in [0.29, 0.717) is 39.0 Å². The molecule has 0 aliphatic carbocycles. The van der Waals surface area contributed by atoms with E-state index in [1.807, 2.05) is 9.80 Å². The third-order valence-corrected chi connectivity index (χ3v) is 10.4. The minimum Gasteiger partial charge on any atom is -0.396 e. The van der Waals surface area contributed by atoms with Crippen LogP contribution in [0.5, 0.6) is 0 Å². The quantitative estimate of drug-likeness (QED) is 0.370. The Balaban J connectivity index is 1.82. The summed E-state index contributed by atoms with van der Waals surface area (Å²) in [6.07, 6.45) is 11.2. The minimum atomic E-state index is -0.811. The van der Waals surface area contributed by atoms with Gasteiger partial charge in [0.05, 0.1) is 16.6 Å². The van der Waals surface area contributed by atoms with Gasteiger partial charge >= 0.3 is 0 Å². The lowest BCUT2D eigenvalue weighted by molar-refractivity contribution is -0.147. The Labute approximate surface area is 233 Å². The number of fused-ring (bicyclic) bond motifs is 2. The Morgan fingerprint density at radius 3 is 2.26 bits per heavy atom. The highest BCUT2D eigenvalue weighted by molar-refractivity contribution is 8.02. The van der Waals surface area contributed by atoms with Crippen molar-refractivity contribution in [2.24, 2.45) is 17.3 Å². The van der Waals surface area contributed by atoms with Crippen LogP contribution in [0.1, 0.15) is 74.1 Å². The number of aliphatic hydroxyl groups excluding tert-OH is 1. The van der Waals surface area contributed by atoms with Crippen molar-refractivity contribution in [3.63, 3.8) is 0 Å². The zero-order valence-electron chi connectivity index (χ0n) is 24.3. The summed E-state index contributed by atoms with van der Waals surface area (Å²) in [6.45, 7) is 17.1. The largest absolute Gasteiger partial charge is 0.396 e. The molecule has 0 aromatic heterocycles. The number of amides is 3. The molecule has 38 heavy (non-hydrogen) atoms. The topological polar surface area (TPSA) is 81.2 Å². The van der Waals surface area contributed by atoms with Crippen molar-refractivity contribution < 1.29 is 19.5 Å². The molecule has 4 heterocycles. The number of thioether (sulfide) groups is 1. The molecular formula is C30H47N3O4S. The highest BCUT2D eigenvalue weighted by atomic mass is 32.2. The summed E-state index contributed by atoms with van der Waals surface area (Å²) in [5.74, 6) is -1.23.